The van der Waals surface area contributed by atoms with Gasteiger partial charge in [-0.1, -0.05) is 0 Å². The Balaban J connectivity index is 2.06. The lowest BCUT2D eigenvalue weighted by atomic mass is 10.2. The molecule has 1 saturated carbocycles. The van der Waals surface area contributed by atoms with Crippen molar-refractivity contribution in [3.8, 4) is 0 Å². The number of carbonyl (C=O) groups excluding carboxylic acids is 2. The van der Waals surface area contributed by atoms with Gasteiger partial charge in [0.25, 0.3) is 5.91 Å². The van der Waals surface area contributed by atoms with Crippen molar-refractivity contribution in [1.82, 2.24) is 10.3 Å². The number of aromatic nitrogens is 1. The summed E-state index contributed by atoms with van der Waals surface area (Å²) in [4.78, 5) is 25.5. The highest BCUT2D eigenvalue weighted by Gasteiger charge is 2.43. The molecule has 0 atom stereocenters. The van der Waals surface area contributed by atoms with E-state index in [-0.39, 0.29) is 18.3 Å². The molecule has 16 heavy (non-hydrogen) atoms. The van der Waals surface area contributed by atoms with Crippen molar-refractivity contribution < 1.29 is 14.7 Å². The summed E-state index contributed by atoms with van der Waals surface area (Å²) in [6.07, 6.45) is 3.11. The number of rotatable bonds is 4. The van der Waals surface area contributed by atoms with Gasteiger partial charge in [0, 0.05) is 11.8 Å². The van der Waals surface area contributed by atoms with E-state index in [0.717, 1.165) is 12.8 Å². The van der Waals surface area contributed by atoms with Crippen LogP contribution in [0, 0.1) is 0 Å². The summed E-state index contributed by atoms with van der Waals surface area (Å²) in [7, 11) is 0. The van der Waals surface area contributed by atoms with E-state index in [4.69, 9.17) is 5.11 Å². The predicted octanol–water partition coefficient (Wildman–Crippen LogP) is 0.472. The maximum absolute atomic E-state index is 11.7. The molecule has 0 unspecified atom stereocenters. The fourth-order valence-electron chi connectivity index (χ4n) is 1.51. The van der Waals surface area contributed by atoms with Gasteiger partial charge in [0.05, 0.1) is 12.1 Å². The van der Waals surface area contributed by atoms with Crippen LogP contribution in [0.15, 0.2) is 12.3 Å². The number of aromatic amines is 1. The number of aliphatic hydroxyl groups is 1. The zero-order chi connectivity index (χ0) is 11.8. The van der Waals surface area contributed by atoms with Gasteiger partial charge in [-0.15, -0.1) is 0 Å². The molecule has 3 N–H and O–H groups in total. The second-order valence-corrected chi connectivity index (χ2v) is 4.25. The molecule has 0 radical (unpaired) electrons. The van der Waals surface area contributed by atoms with Gasteiger partial charge in [0.15, 0.2) is 5.78 Å². The van der Waals surface area contributed by atoms with Crippen molar-refractivity contribution in [3.05, 3.63) is 23.5 Å². The summed E-state index contributed by atoms with van der Waals surface area (Å²) in [5, 5.41) is 11.8. The Morgan fingerprint density at radius 1 is 1.56 bits per heavy atom. The third-order valence-corrected chi connectivity index (χ3v) is 2.87. The van der Waals surface area contributed by atoms with Gasteiger partial charge in [-0.3, -0.25) is 9.59 Å². The van der Waals surface area contributed by atoms with Gasteiger partial charge in [-0.2, -0.15) is 0 Å². The minimum Gasteiger partial charge on any atom is -0.394 e. The van der Waals surface area contributed by atoms with E-state index < -0.39 is 5.54 Å². The molecule has 5 nitrogen and oxygen atoms in total. The highest BCUT2D eigenvalue weighted by Crippen LogP contribution is 2.34. The highest BCUT2D eigenvalue weighted by atomic mass is 16.3. The Bertz CT molecular complexity index is 432. The summed E-state index contributed by atoms with van der Waals surface area (Å²) in [5.41, 5.74) is 0.405. The minimum absolute atomic E-state index is 0.0426. The normalized spacial score (nSPS) is 16.9. The molecule has 1 heterocycles. The lowest BCUT2D eigenvalue weighted by Gasteiger charge is -2.12. The Morgan fingerprint density at radius 3 is 2.69 bits per heavy atom. The maximum atomic E-state index is 11.7. The number of H-pyrrole nitrogens is 1. The molecular weight excluding hydrogens is 208 g/mol. The van der Waals surface area contributed by atoms with Crippen molar-refractivity contribution in [2.24, 2.45) is 0 Å². The van der Waals surface area contributed by atoms with Gasteiger partial charge in [-0.25, -0.2) is 0 Å². The van der Waals surface area contributed by atoms with Gasteiger partial charge in [0.1, 0.15) is 5.69 Å². The lowest BCUT2D eigenvalue weighted by Crippen LogP contribution is -2.39. The third kappa shape index (κ3) is 1.99. The van der Waals surface area contributed by atoms with Crippen molar-refractivity contribution in [3.63, 3.8) is 0 Å². The smallest absolute Gasteiger partial charge is 0.268 e. The molecule has 0 spiro atoms. The average molecular weight is 222 g/mol. The van der Waals surface area contributed by atoms with Crippen LogP contribution < -0.4 is 5.32 Å². The first-order chi connectivity index (χ1) is 7.56. The number of hydrogen-bond acceptors (Lipinski definition) is 3. The first kappa shape index (κ1) is 10.9. The second-order valence-electron chi connectivity index (χ2n) is 4.25. The largest absolute Gasteiger partial charge is 0.394 e. The SMILES string of the molecule is CC(=O)c1c[nH]c(C(=O)NC2(CO)CC2)c1. The zero-order valence-electron chi connectivity index (χ0n) is 9.04. The van der Waals surface area contributed by atoms with E-state index in [0.29, 0.717) is 11.3 Å². The number of aliphatic hydroxyl groups excluding tert-OH is 1. The zero-order valence-corrected chi connectivity index (χ0v) is 9.04. The molecule has 86 valence electrons. The highest BCUT2D eigenvalue weighted by molar-refractivity contribution is 5.99. The Hall–Kier alpha value is -1.62. The van der Waals surface area contributed by atoms with E-state index in [2.05, 4.69) is 10.3 Å². The molecule has 1 amide bonds. The number of carbonyl (C=O) groups is 2. The van der Waals surface area contributed by atoms with E-state index in [1.807, 2.05) is 0 Å². The number of ketones is 1. The fraction of sp³-hybridized carbons (Fsp3) is 0.455. The molecule has 1 fully saturated rings. The van der Waals surface area contributed by atoms with Gasteiger partial charge < -0.3 is 15.4 Å². The molecule has 0 aliphatic heterocycles. The lowest BCUT2D eigenvalue weighted by molar-refractivity contribution is 0.0902. The number of Topliss-reactive ketones (excluding diaryl/α,β-unsaturated/α-hetero) is 1. The maximum Gasteiger partial charge on any atom is 0.268 e. The van der Waals surface area contributed by atoms with Crippen LogP contribution in [0.1, 0.15) is 40.6 Å². The molecule has 1 aromatic heterocycles. The first-order valence-corrected chi connectivity index (χ1v) is 5.19. The molecule has 2 rings (SSSR count). The molecule has 1 aliphatic rings. The van der Waals surface area contributed by atoms with Crippen LogP contribution >= 0.6 is 0 Å². The van der Waals surface area contributed by atoms with Gasteiger partial charge >= 0.3 is 0 Å². The number of amides is 1. The van der Waals surface area contributed by atoms with E-state index in [9.17, 15) is 9.59 Å². The summed E-state index contributed by atoms with van der Waals surface area (Å²) in [5.74, 6) is -0.363. The van der Waals surface area contributed by atoms with Crippen molar-refractivity contribution in [2.45, 2.75) is 25.3 Å². The van der Waals surface area contributed by atoms with E-state index in [1.54, 1.807) is 0 Å². The van der Waals surface area contributed by atoms with E-state index >= 15 is 0 Å². The Labute approximate surface area is 92.9 Å². The minimum atomic E-state index is -0.432. The van der Waals surface area contributed by atoms with Crippen LogP contribution in [0.3, 0.4) is 0 Å². The molecular formula is C11H14N2O3. The second kappa shape index (κ2) is 3.75. The first-order valence-electron chi connectivity index (χ1n) is 5.19. The van der Waals surface area contributed by atoms with Crippen LogP contribution in [0.4, 0.5) is 0 Å². The Morgan fingerprint density at radius 2 is 2.25 bits per heavy atom. The van der Waals surface area contributed by atoms with Crippen LogP contribution in [0.5, 0.6) is 0 Å². The van der Waals surface area contributed by atoms with Crippen LogP contribution in [0.25, 0.3) is 0 Å². The summed E-state index contributed by atoms with van der Waals surface area (Å²) >= 11 is 0. The van der Waals surface area contributed by atoms with Crippen LogP contribution in [0.2, 0.25) is 0 Å². The van der Waals surface area contributed by atoms with Gasteiger partial charge in [0.2, 0.25) is 0 Å². The molecule has 0 bridgehead atoms. The summed E-state index contributed by atoms with van der Waals surface area (Å²) in [6.45, 7) is 1.40. The average Bonchev–Trinajstić information content (AvgIpc) is 2.83. The predicted molar refractivity (Wildman–Crippen MR) is 57.3 cm³/mol. The molecule has 1 aliphatic carbocycles. The summed E-state index contributed by atoms with van der Waals surface area (Å²) < 4.78 is 0. The van der Waals surface area contributed by atoms with Crippen LogP contribution in [-0.4, -0.2) is 33.9 Å². The van der Waals surface area contributed by atoms with Crippen LogP contribution in [-0.2, 0) is 0 Å². The number of nitrogens with one attached hydrogen (secondary N) is 2. The molecule has 0 aromatic carbocycles. The number of hydrogen-bond donors (Lipinski definition) is 3. The third-order valence-electron chi connectivity index (χ3n) is 2.87. The van der Waals surface area contributed by atoms with Crippen molar-refractivity contribution >= 4 is 11.7 Å². The topological polar surface area (TPSA) is 82.2 Å². The standard InChI is InChI=1S/C11H14N2O3/c1-7(15)8-4-9(12-5-8)10(16)13-11(6-14)2-3-11/h4-5,12,14H,2-3,6H2,1H3,(H,13,16). The van der Waals surface area contributed by atoms with E-state index in [1.165, 1.54) is 19.2 Å². The van der Waals surface area contributed by atoms with Gasteiger partial charge in [-0.05, 0) is 25.8 Å². The Kier molecular flexibility index (Phi) is 2.55. The quantitative estimate of drug-likeness (QED) is 0.648. The monoisotopic (exact) mass is 222 g/mol. The van der Waals surface area contributed by atoms with Crippen molar-refractivity contribution in [1.29, 1.82) is 0 Å². The fourth-order valence-corrected chi connectivity index (χ4v) is 1.51. The molecule has 5 heteroatoms. The molecule has 1 aromatic rings. The summed E-state index contributed by atoms with van der Waals surface area (Å²) in [6, 6.07) is 1.52. The molecule has 0 saturated heterocycles. The van der Waals surface area contributed by atoms with Crippen molar-refractivity contribution in [2.75, 3.05) is 6.61 Å².